The molecule has 5 N–H and O–H groups in total. The van der Waals surface area contributed by atoms with Crippen molar-refractivity contribution in [3.8, 4) is 0 Å². The molecule has 0 bridgehead atoms. The molecule has 0 unspecified atom stereocenters. The molecule has 15 atom stereocenters. The number of aliphatic hydroxyl groups excluding tert-OH is 3. The molecule has 4 saturated carbocycles. The standard InChI is InChI=1S/C36H56O9/c1-18-10-15-35(30(40)41)16-17-36(31(42)43)21(25(35)19(18)2)8-9-23-33(6)13-12-24(32(4,5)22(33)11-14-34(23,36)7)45-29-28(39)27(38)26(37)20(3)44-29/h8,18-20,22-29,37-39H,9-17H2,1-7H3,(H,40,41)(H,42,43)/t18-,19+,20-,22-,23+,24+,25+,26-,27+,28-,29+,33+,34-,35+,36-/m1/s1. The molecule has 0 aromatic rings. The molecule has 45 heavy (non-hydrogen) atoms. The lowest BCUT2D eigenvalue weighted by Gasteiger charge is -2.70. The third kappa shape index (κ3) is 4.28. The maximum absolute atomic E-state index is 13.8. The second kappa shape index (κ2) is 10.7. The number of hydrogen-bond donors (Lipinski definition) is 5. The normalized spacial score (nSPS) is 54.0. The van der Waals surface area contributed by atoms with Crippen LogP contribution in [0.5, 0.6) is 0 Å². The zero-order valence-corrected chi connectivity index (χ0v) is 28.2. The van der Waals surface area contributed by atoms with Gasteiger partial charge in [0.05, 0.1) is 23.0 Å². The molecule has 0 aromatic carbocycles. The van der Waals surface area contributed by atoms with E-state index in [9.17, 15) is 35.1 Å². The van der Waals surface area contributed by atoms with E-state index in [2.05, 4.69) is 47.6 Å². The fourth-order valence-electron chi connectivity index (χ4n) is 12.5. The summed E-state index contributed by atoms with van der Waals surface area (Å²) in [6, 6.07) is 0. The van der Waals surface area contributed by atoms with Crippen molar-refractivity contribution in [2.75, 3.05) is 0 Å². The van der Waals surface area contributed by atoms with Gasteiger partial charge in [-0.2, -0.15) is 0 Å². The summed E-state index contributed by atoms with van der Waals surface area (Å²) in [5.41, 5.74) is -2.13. The van der Waals surface area contributed by atoms with E-state index in [1.165, 1.54) is 0 Å². The molecule has 0 aromatic heterocycles. The Kier molecular flexibility index (Phi) is 7.97. The van der Waals surface area contributed by atoms with Crippen LogP contribution in [0.3, 0.4) is 0 Å². The number of allylic oxidation sites excluding steroid dienone is 1. The highest BCUT2D eigenvalue weighted by Gasteiger charge is 2.73. The van der Waals surface area contributed by atoms with Crippen LogP contribution in [0.4, 0.5) is 0 Å². The number of hydrogen-bond acceptors (Lipinski definition) is 7. The van der Waals surface area contributed by atoms with Crippen LogP contribution in [0.25, 0.3) is 0 Å². The third-order valence-electron chi connectivity index (χ3n) is 15.3. The molecule has 0 amide bonds. The SMILES string of the molecule is C[C@H]1[C@H](C)CC[C@]2(C(=O)O)CC[C@]3(C(=O)O)C(=CC[C@H]4[C@@]5(C)CC[C@H](O[C@@H]6O[C@H](C)[C@@H](O)[C@H](O)[C@H]6O)C(C)(C)[C@H]5CC[C@]43C)[C@H]12. The molecule has 254 valence electrons. The zero-order valence-electron chi connectivity index (χ0n) is 28.2. The minimum Gasteiger partial charge on any atom is -0.481 e. The first-order valence-electron chi connectivity index (χ1n) is 17.4. The fraction of sp³-hybridized carbons (Fsp3) is 0.889. The van der Waals surface area contributed by atoms with Crippen molar-refractivity contribution in [1.82, 2.24) is 0 Å². The Morgan fingerprint density at radius 2 is 1.51 bits per heavy atom. The van der Waals surface area contributed by atoms with E-state index >= 15 is 0 Å². The monoisotopic (exact) mass is 632 g/mol. The van der Waals surface area contributed by atoms with Gasteiger partial charge in [-0.1, -0.05) is 53.2 Å². The van der Waals surface area contributed by atoms with Crippen LogP contribution in [0.1, 0.15) is 106 Å². The molecule has 6 aliphatic rings. The van der Waals surface area contributed by atoms with Crippen molar-refractivity contribution in [2.45, 2.75) is 143 Å². The largest absolute Gasteiger partial charge is 0.481 e. The van der Waals surface area contributed by atoms with Crippen molar-refractivity contribution in [2.24, 2.45) is 56.7 Å². The van der Waals surface area contributed by atoms with E-state index in [0.29, 0.717) is 31.6 Å². The Balaban J connectivity index is 1.35. The molecule has 9 heteroatoms. The van der Waals surface area contributed by atoms with Crippen LogP contribution in [0.2, 0.25) is 0 Å². The number of aliphatic hydroxyl groups is 3. The van der Waals surface area contributed by atoms with E-state index in [-0.39, 0.29) is 40.6 Å². The maximum Gasteiger partial charge on any atom is 0.314 e. The van der Waals surface area contributed by atoms with Gasteiger partial charge >= 0.3 is 11.9 Å². The third-order valence-corrected chi connectivity index (χ3v) is 15.3. The lowest BCUT2D eigenvalue weighted by molar-refractivity contribution is -0.324. The molecule has 1 heterocycles. The molecule has 1 saturated heterocycles. The minimum atomic E-state index is -1.36. The van der Waals surface area contributed by atoms with E-state index < -0.39 is 58.9 Å². The summed E-state index contributed by atoms with van der Waals surface area (Å²) in [4.78, 5) is 26.8. The molecule has 0 spiro atoms. The first kappa shape index (κ1) is 33.4. The number of rotatable bonds is 4. The van der Waals surface area contributed by atoms with E-state index in [4.69, 9.17) is 9.47 Å². The zero-order chi connectivity index (χ0) is 33.1. The summed E-state index contributed by atoms with van der Waals surface area (Å²) in [7, 11) is 0. The summed E-state index contributed by atoms with van der Waals surface area (Å²) in [5, 5.41) is 53.2. The van der Waals surface area contributed by atoms with E-state index in [1.54, 1.807) is 6.92 Å². The summed E-state index contributed by atoms with van der Waals surface area (Å²) in [6.07, 6.45) is 2.36. The van der Waals surface area contributed by atoms with Gasteiger partial charge in [-0.05, 0) is 111 Å². The second-order valence-electron chi connectivity index (χ2n) is 17.2. The molecule has 5 fully saturated rings. The summed E-state index contributed by atoms with van der Waals surface area (Å²) < 4.78 is 12.3. The highest BCUT2D eigenvalue weighted by atomic mass is 16.7. The topological polar surface area (TPSA) is 154 Å². The highest BCUT2D eigenvalue weighted by molar-refractivity contribution is 5.84. The fourth-order valence-corrected chi connectivity index (χ4v) is 12.5. The van der Waals surface area contributed by atoms with E-state index in [1.807, 2.05) is 0 Å². The Labute approximate surface area is 267 Å². The summed E-state index contributed by atoms with van der Waals surface area (Å²) in [6.45, 7) is 15.0. The molecule has 1 aliphatic heterocycles. The molecule has 6 rings (SSSR count). The van der Waals surface area contributed by atoms with Crippen molar-refractivity contribution in [1.29, 1.82) is 0 Å². The van der Waals surface area contributed by atoms with Gasteiger partial charge in [-0.25, -0.2) is 0 Å². The minimum absolute atomic E-state index is 0.0958. The smallest absolute Gasteiger partial charge is 0.314 e. The molecular formula is C36H56O9. The van der Waals surface area contributed by atoms with Gasteiger partial charge in [0.1, 0.15) is 18.3 Å². The number of fused-ring (bicyclic) bond motifs is 7. The van der Waals surface area contributed by atoms with Crippen molar-refractivity contribution >= 4 is 11.9 Å². The predicted molar refractivity (Wildman–Crippen MR) is 166 cm³/mol. The van der Waals surface area contributed by atoms with E-state index in [0.717, 1.165) is 37.7 Å². The van der Waals surface area contributed by atoms with Crippen LogP contribution in [0, 0.1) is 56.7 Å². The van der Waals surface area contributed by atoms with Gasteiger partial charge in [-0.15, -0.1) is 0 Å². The van der Waals surface area contributed by atoms with Gasteiger partial charge in [0.2, 0.25) is 0 Å². The Hall–Kier alpha value is -1.52. The van der Waals surface area contributed by atoms with Crippen LogP contribution < -0.4 is 0 Å². The maximum atomic E-state index is 13.8. The lowest BCUT2D eigenvalue weighted by atomic mass is 9.33. The van der Waals surface area contributed by atoms with Gasteiger partial charge in [0, 0.05) is 0 Å². The summed E-state index contributed by atoms with van der Waals surface area (Å²) in [5.74, 6) is -1.08. The second-order valence-corrected chi connectivity index (χ2v) is 17.2. The van der Waals surface area contributed by atoms with Crippen LogP contribution in [-0.2, 0) is 19.1 Å². The molecule has 0 radical (unpaired) electrons. The predicted octanol–water partition coefficient (Wildman–Crippen LogP) is 5.01. The van der Waals surface area contributed by atoms with Crippen LogP contribution in [-0.4, -0.2) is 74.3 Å². The van der Waals surface area contributed by atoms with Crippen molar-refractivity contribution < 1.29 is 44.6 Å². The lowest BCUT2D eigenvalue weighted by Crippen LogP contribution is -2.68. The van der Waals surface area contributed by atoms with Gasteiger partial charge in [0.25, 0.3) is 0 Å². The molecule has 5 aliphatic carbocycles. The number of aliphatic carboxylic acids is 2. The van der Waals surface area contributed by atoms with Crippen LogP contribution >= 0.6 is 0 Å². The molecular weight excluding hydrogens is 576 g/mol. The Morgan fingerprint density at radius 3 is 2.16 bits per heavy atom. The number of ether oxygens (including phenoxy) is 2. The summed E-state index contributed by atoms with van der Waals surface area (Å²) >= 11 is 0. The van der Waals surface area contributed by atoms with Crippen molar-refractivity contribution in [3.63, 3.8) is 0 Å². The van der Waals surface area contributed by atoms with Gasteiger partial charge in [-0.3, -0.25) is 9.59 Å². The highest BCUT2D eigenvalue weighted by Crippen LogP contribution is 2.76. The quantitative estimate of drug-likeness (QED) is 0.213. The average molecular weight is 633 g/mol. The van der Waals surface area contributed by atoms with Crippen LogP contribution in [0.15, 0.2) is 11.6 Å². The number of carboxylic acids is 2. The first-order chi connectivity index (χ1) is 20.9. The number of carboxylic acid groups (broad SMARTS) is 2. The Morgan fingerprint density at radius 1 is 0.822 bits per heavy atom. The van der Waals surface area contributed by atoms with Gasteiger partial charge in [0.15, 0.2) is 6.29 Å². The number of carbonyl (C=O) groups is 2. The van der Waals surface area contributed by atoms with Crippen molar-refractivity contribution in [3.05, 3.63) is 11.6 Å². The Bertz CT molecular complexity index is 1250. The molecule has 9 nitrogen and oxygen atoms in total. The van der Waals surface area contributed by atoms with Gasteiger partial charge < -0.3 is 35.0 Å². The first-order valence-corrected chi connectivity index (χ1v) is 17.4. The average Bonchev–Trinajstić information content (AvgIpc) is 2.97.